The predicted octanol–water partition coefficient (Wildman–Crippen LogP) is 3.68. The van der Waals surface area contributed by atoms with Crippen LogP contribution in [0.3, 0.4) is 0 Å². The number of fused-ring (bicyclic) bond motifs is 1. The fraction of sp³-hybridized carbons (Fsp3) is 0.259. The molecule has 174 valence electrons. The summed E-state index contributed by atoms with van der Waals surface area (Å²) in [4.78, 5) is 39.5. The van der Waals surface area contributed by atoms with Crippen LogP contribution in [0.15, 0.2) is 61.3 Å². The van der Waals surface area contributed by atoms with Gasteiger partial charge in [-0.05, 0) is 60.2 Å². The van der Waals surface area contributed by atoms with E-state index >= 15 is 0 Å². The number of benzene rings is 1. The van der Waals surface area contributed by atoms with Crippen LogP contribution in [0.1, 0.15) is 56.4 Å². The zero-order valence-corrected chi connectivity index (χ0v) is 19.4. The molecule has 1 saturated heterocycles. The first kappa shape index (κ1) is 22.4. The second kappa shape index (κ2) is 9.47. The quantitative estimate of drug-likeness (QED) is 0.417. The van der Waals surface area contributed by atoms with Gasteiger partial charge in [-0.2, -0.15) is 5.26 Å². The van der Waals surface area contributed by atoms with Crippen LogP contribution in [0.5, 0.6) is 0 Å². The van der Waals surface area contributed by atoms with Gasteiger partial charge >= 0.3 is 0 Å². The molecule has 0 unspecified atom stereocenters. The van der Waals surface area contributed by atoms with E-state index < -0.39 is 0 Å². The largest absolute Gasteiger partial charge is 0.350 e. The fourth-order valence-electron chi connectivity index (χ4n) is 4.81. The number of ketones is 1. The number of rotatable bonds is 5. The third kappa shape index (κ3) is 4.53. The average molecular weight is 465 g/mol. The second-order valence-electron chi connectivity index (χ2n) is 8.85. The molecule has 35 heavy (non-hydrogen) atoms. The molecule has 4 heterocycles. The number of carbonyl (C=O) groups is 2. The molecule has 0 N–H and O–H groups in total. The number of pyridine rings is 1. The molecule has 8 heteroatoms. The molecule has 3 aromatic heterocycles. The number of hydrogen-bond donors (Lipinski definition) is 0. The Labute approximate surface area is 202 Å². The highest BCUT2D eigenvalue weighted by Gasteiger charge is 2.27. The average Bonchev–Trinajstić information content (AvgIpc) is 3.24. The number of nitriles is 1. The summed E-state index contributed by atoms with van der Waals surface area (Å²) in [5.74, 6) is 0.155. The van der Waals surface area contributed by atoms with Gasteiger partial charge in [0.15, 0.2) is 5.78 Å². The molecule has 0 aliphatic carbocycles. The first-order chi connectivity index (χ1) is 17.0. The molecular weight excluding hydrogens is 440 g/mol. The van der Waals surface area contributed by atoms with Crippen LogP contribution in [0.4, 0.5) is 0 Å². The topological polar surface area (TPSA) is 105 Å². The Morgan fingerprint density at radius 2 is 1.89 bits per heavy atom. The van der Waals surface area contributed by atoms with Crippen molar-refractivity contribution in [3.8, 4) is 6.07 Å². The molecule has 1 aliphatic rings. The molecule has 0 spiro atoms. The van der Waals surface area contributed by atoms with Gasteiger partial charge in [0.1, 0.15) is 17.7 Å². The molecule has 0 atom stereocenters. The molecule has 1 amide bonds. The Bertz CT molecular complexity index is 1450. The first-order valence-electron chi connectivity index (χ1n) is 11.6. The summed E-state index contributed by atoms with van der Waals surface area (Å²) in [7, 11) is 2.03. The Morgan fingerprint density at radius 1 is 1.06 bits per heavy atom. The standard InChI is InChI=1S/C27H24N6O2/c1-32-16-22(20-6-10-33(11-7-20)27(35)23-5-8-29-17-31-23)21-12-18(2-3-25(21)32)14-26(34)24-13-19(15-28)4-9-30-24/h2-5,8-9,12-13,16-17,20H,6-7,10-11,14H2,1H3. The minimum Gasteiger partial charge on any atom is -0.350 e. The number of likely N-dealkylation sites (tertiary alicyclic amines) is 1. The number of aromatic nitrogens is 4. The van der Waals surface area contributed by atoms with Gasteiger partial charge in [0.25, 0.3) is 5.91 Å². The minimum absolute atomic E-state index is 0.0568. The molecule has 8 nitrogen and oxygen atoms in total. The van der Waals surface area contributed by atoms with Crippen LogP contribution < -0.4 is 0 Å². The second-order valence-corrected chi connectivity index (χ2v) is 8.85. The molecule has 1 aliphatic heterocycles. The molecule has 4 aromatic rings. The number of piperidine rings is 1. The molecule has 1 aromatic carbocycles. The van der Waals surface area contributed by atoms with E-state index in [1.165, 1.54) is 24.2 Å². The van der Waals surface area contributed by atoms with Crippen LogP contribution >= 0.6 is 0 Å². The maximum absolute atomic E-state index is 12.8. The van der Waals surface area contributed by atoms with E-state index in [0.717, 1.165) is 29.3 Å². The molecule has 0 radical (unpaired) electrons. The number of nitrogens with zero attached hydrogens (tertiary/aromatic N) is 6. The van der Waals surface area contributed by atoms with Crippen LogP contribution in [0.2, 0.25) is 0 Å². The summed E-state index contributed by atoms with van der Waals surface area (Å²) in [6, 6.07) is 12.9. The summed E-state index contributed by atoms with van der Waals surface area (Å²) >= 11 is 0. The van der Waals surface area contributed by atoms with Crippen molar-refractivity contribution in [1.29, 1.82) is 5.26 Å². The van der Waals surface area contributed by atoms with Gasteiger partial charge in [0, 0.05) is 56.1 Å². The third-order valence-corrected chi connectivity index (χ3v) is 6.65. The predicted molar refractivity (Wildman–Crippen MR) is 130 cm³/mol. The van der Waals surface area contributed by atoms with E-state index in [-0.39, 0.29) is 18.1 Å². The maximum Gasteiger partial charge on any atom is 0.272 e. The zero-order chi connectivity index (χ0) is 24.4. The summed E-state index contributed by atoms with van der Waals surface area (Å²) in [6.45, 7) is 1.34. The van der Waals surface area contributed by atoms with E-state index in [9.17, 15) is 9.59 Å². The van der Waals surface area contributed by atoms with Crippen LogP contribution in [0, 0.1) is 11.3 Å². The highest BCUT2D eigenvalue weighted by Crippen LogP contribution is 2.35. The monoisotopic (exact) mass is 464 g/mol. The Kier molecular flexibility index (Phi) is 6.06. The summed E-state index contributed by atoms with van der Waals surface area (Å²) in [6.07, 6.45) is 8.59. The van der Waals surface area contributed by atoms with E-state index in [4.69, 9.17) is 5.26 Å². The lowest BCUT2D eigenvalue weighted by atomic mass is 9.88. The van der Waals surface area contributed by atoms with Crippen LogP contribution in [-0.4, -0.2) is 49.2 Å². The van der Waals surface area contributed by atoms with Gasteiger partial charge in [0.2, 0.25) is 0 Å². The van der Waals surface area contributed by atoms with Crippen molar-refractivity contribution < 1.29 is 9.59 Å². The number of aryl methyl sites for hydroxylation is 1. The van der Waals surface area contributed by atoms with Gasteiger partial charge < -0.3 is 9.47 Å². The van der Waals surface area contributed by atoms with Crippen molar-refractivity contribution in [1.82, 2.24) is 24.4 Å². The molecule has 1 fully saturated rings. The number of amides is 1. The van der Waals surface area contributed by atoms with Crippen LogP contribution in [-0.2, 0) is 13.5 Å². The molecular formula is C27H24N6O2. The highest BCUT2D eigenvalue weighted by atomic mass is 16.2. The maximum atomic E-state index is 12.8. The Morgan fingerprint density at radius 3 is 2.63 bits per heavy atom. The van der Waals surface area contributed by atoms with Gasteiger partial charge in [-0.25, -0.2) is 9.97 Å². The lowest BCUT2D eigenvalue weighted by molar-refractivity contribution is 0.0707. The van der Waals surface area contributed by atoms with E-state index in [0.29, 0.717) is 36.0 Å². The fourth-order valence-corrected chi connectivity index (χ4v) is 4.81. The lowest BCUT2D eigenvalue weighted by Gasteiger charge is -2.31. The molecule has 5 rings (SSSR count). The van der Waals surface area contributed by atoms with Crippen molar-refractivity contribution in [2.45, 2.75) is 25.2 Å². The first-order valence-corrected chi connectivity index (χ1v) is 11.6. The SMILES string of the molecule is Cn1cc(C2CCN(C(=O)c3ccncn3)CC2)c2cc(CC(=O)c3cc(C#N)ccn3)ccc21. The van der Waals surface area contributed by atoms with E-state index in [1.54, 1.807) is 18.3 Å². The van der Waals surface area contributed by atoms with Crippen molar-refractivity contribution in [2.75, 3.05) is 13.1 Å². The number of hydrogen-bond acceptors (Lipinski definition) is 6. The Hall–Kier alpha value is -4.38. The number of Topliss-reactive ketones (excluding diaryl/α,β-unsaturated/α-hetero) is 1. The summed E-state index contributed by atoms with van der Waals surface area (Å²) in [5.41, 5.74) is 4.42. The third-order valence-electron chi connectivity index (χ3n) is 6.65. The summed E-state index contributed by atoms with van der Waals surface area (Å²) < 4.78 is 2.12. The van der Waals surface area contributed by atoms with Crippen LogP contribution in [0.25, 0.3) is 10.9 Å². The van der Waals surface area contributed by atoms with Gasteiger partial charge in [-0.1, -0.05) is 6.07 Å². The summed E-state index contributed by atoms with van der Waals surface area (Å²) in [5, 5.41) is 10.2. The minimum atomic E-state index is -0.115. The number of carbonyl (C=O) groups excluding carboxylic acids is 2. The van der Waals surface area contributed by atoms with E-state index in [1.807, 2.05) is 24.1 Å². The van der Waals surface area contributed by atoms with Gasteiger partial charge in [-0.15, -0.1) is 0 Å². The van der Waals surface area contributed by atoms with Gasteiger partial charge in [-0.3, -0.25) is 14.6 Å². The van der Waals surface area contributed by atoms with Crippen molar-refractivity contribution >= 4 is 22.6 Å². The smallest absolute Gasteiger partial charge is 0.272 e. The molecule has 0 saturated carbocycles. The van der Waals surface area contributed by atoms with Crippen molar-refractivity contribution in [3.63, 3.8) is 0 Å². The zero-order valence-electron chi connectivity index (χ0n) is 19.4. The van der Waals surface area contributed by atoms with Crippen molar-refractivity contribution in [3.05, 3.63) is 89.4 Å². The Balaban J connectivity index is 1.34. The van der Waals surface area contributed by atoms with E-state index in [2.05, 4.69) is 37.9 Å². The van der Waals surface area contributed by atoms with Crippen molar-refractivity contribution in [2.24, 2.45) is 7.05 Å². The molecule has 0 bridgehead atoms. The lowest BCUT2D eigenvalue weighted by Crippen LogP contribution is -2.38. The normalized spacial score (nSPS) is 14.1. The van der Waals surface area contributed by atoms with Gasteiger partial charge in [0.05, 0.1) is 11.6 Å². The highest BCUT2D eigenvalue weighted by molar-refractivity contribution is 5.97.